The number of nitrogens with zero attached hydrogens (tertiary/aromatic N) is 1. The summed E-state index contributed by atoms with van der Waals surface area (Å²) in [5, 5.41) is 13.4. The zero-order chi connectivity index (χ0) is 14.6. The predicted molar refractivity (Wildman–Crippen MR) is 75.1 cm³/mol. The molecule has 0 unspecified atom stereocenters. The largest absolute Gasteiger partial charge is 0.444 e. The first-order valence-electron chi connectivity index (χ1n) is 7.09. The minimum atomic E-state index is -0.544. The zero-order valence-electron chi connectivity index (χ0n) is 12.8. The number of amides is 1. The molecule has 2 N–H and O–H groups in total. The van der Waals surface area contributed by atoms with Crippen molar-refractivity contribution in [1.82, 2.24) is 10.2 Å². The molecule has 0 radical (unpaired) electrons. The third-order valence-electron chi connectivity index (χ3n) is 3.07. The molecule has 1 rings (SSSR count). The smallest absolute Gasteiger partial charge is 0.410 e. The van der Waals surface area contributed by atoms with Crippen molar-refractivity contribution < 1.29 is 14.6 Å². The third kappa shape index (κ3) is 5.37. The summed E-state index contributed by atoms with van der Waals surface area (Å²) in [4.78, 5) is 13.9. The average Bonchev–Trinajstić information content (AvgIpc) is 2.39. The topological polar surface area (TPSA) is 61.8 Å². The number of aliphatic hydroxyl groups is 1. The minimum Gasteiger partial charge on any atom is -0.444 e. The molecule has 112 valence electrons. The summed E-state index contributed by atoms with van der Waals surface area (Å²) < 4.78 is 5.44. The van der Waals surface area contributed by atoms with Crippen LogP contribution in [0.5, 0.6) is 0 Å². The number of aliphatic hydroxyl groups excluding tert-OH is 1. The Hall–Kier alpha value is -0.810. The third-order valence-corrected chi connectivity index (χ3v) is 3.07. The number of carbonyl (C=O) groups is 1. The lowest BCUT2D eigenvalue weighted by atomic mass is 9.98. The Morgan fingerprint density at radius 3 is 2.63 bits per heavy atom. The molecule has 0 aromatic heterocycles. The second kappa shape index (κ2) is 6.57. The Morgan fingerprint density at radius 2 is 2.11 bits per heavy atom. The Balaban J connectivity index is 2.81. The molecule has 1 aliphatic heterocycles. The maximum Gasteiger partial charge on any atom is 0.410 e. The lowest BCUT2D eigenvalue weighted by Gasteiger charge is -2.34. The molecule has 0 aliphatic carbocycles. The fourth-order valence-corrected chi connectivity index (χ4v) is 2.27. The summed E-state index contributed by atoms with van der Waals surface area (Å²) >= 11 is 0. The monoisotopic (exact) mass is 272 g/mol. The van der Waals surface area contributed by atoms with Crippen molar-refractivity contribution in [2.24, 2.45) is 5.92 Å². The van der Waals surface area contributed by atoms with E-state index in [4.69, 9.17) is 4.74 Å². The summed E-state index contributed by atoms with van der Waals surface area (Å²) in [5.41, 5.74) is -0.510. The lowest BCUT2D eigenvalue weighted by molar-refractivity contribution is -0.00326. The highest BCUT2D eigenvalue weighted by atomic mass is 16.6. The van der Waals surface area contributed by atoms with Crippen molar-refractivity contribution in [2.45, 2.75) is 58.8 Å². The molecule has 1 amide bonds. The van der Waals surface area contributed by atoms with Crippen LogP contribution in [0.3, 0.4) is 0 Å². The predicted octanol–water partition coefficient (Wildman–Crippen LogP) is 1.60. The number of β-amino-alcohol motifs (C(OH)–C–C–N with tert-alkyl or cyclic N) is 1. The standard InChI is InChI=1S/C14H28N2O3/c1-10(2)8-11-12(17)9-15-6-7-16(11)13(18)19-14(3,4)5/h10-12,15,17H,6-9H2,1-5H3/t11-,12+/m1/s1. The summed E-state index contributed by atoms with van der Waals surface area (Å²) in [7, 11) is 0. The van der Waals surface area contributed by atoms with E-state index in [1.165, 1.54) is 0 Å². The van der Waals surface area contributed by atoms with E-state index in [1.807, 2.05) is 20.8 Å². The van der Waals surface area contributed by atoms with Crippen LogP contribution < -0.4 is 5.32 Å². The molecule has 1 aliphatic rings. The van der Waals surface area contributed by atoms with Crippen LogP contribution in [-0.2, 0) is 4.74 Å². The van der Waals surface area contributed by atoms with Gasteiger partial charge in [-0.25, -0.2) is 4.79 Å². The molecule has 1 fully saturated rings. The van der Waals surface area contributed by atoms with Crippen molar-refractivity contribution in [2.75, 3.05) is 19.6 Å². The number of hydrogen-bond acceptors (Lipinski definition) is 4. The molecule has 0 aromatic carbocycles. The van der Waals surface area contributed by atoms with E-state index in [-0.39, 0.29) is 12.1 Å². The highest BCUT2D eigenvalue weighted by Crippen LogP contribution is 2.20. The molecule has 0 spiro atoms. The molecular weight excluding hydrogens is 244 g/mol. The van der Waals surface area contributed by atoms with Crippen molar-refractivity contribution in [1.29, 1.82) is 0 Å². The van der Waals surface area contributed by atoms with Gasteiger partial charge in [-0.3, -0.25) is 0 Å². The quantitative estimate of drug-likeness (QED) is 0.801. The lowest BCUT2D eigenvalue weighted by Crippen LogP contribution is -2.49. The highest BCUT2D eigenvalue weighted by Gasteiger charge is 2.34. The number of hydrogen-bond donors (Lipinski definition) is 2. The van der Waals surface area contributed by atoms with Gasteiger partial charge in [-0.2, -0.15) is 0 Å². The average molecular weight is 272 g/mol. The van der Waals surface area contributed by atoms with E-state index >= 15 is 0 Å². The van der Waals surface area contributed by atoms with Crippen molar-refractivity contribution in [3.05, 3.63) is 0 Å². The maximum atomic E-state index is 12.3. The van der Waals surface area contributed by atoms with E-state index in [0.717, 1.165) is 6.42 Å². The molecule has 1 heterocycles. The van der Waals surface area contributed by atoms with Crippen molar-refractivity contribution in [3.8, 4) is 0 Å². The van der Waals surface area contributed by atoms with E-state index in [9.17, 15) is 9.90 Å². The zero-order valence-corrected chi connectivity index (χ0v) is 12.8. The van der Waals surface area contributed by atoms with Crippen LogP contribution >= 0.6 is 0 Å². The van der Waals surface area contributed by atoms with Crippen LogP contribution in [0.4, 0.5) is 4.79 Å². The van der Waals surface area contributed by atoms with Gasteiger partial charge in [0.05, 0.1) is 12.1 Å². The molecule has 5 nitrogen and oxygen atoms in total. The first-order valence-corrected chi connectivity index (χ1v) is 7.09. The number of rotatable bonds is 2. The van der Waals surface area contributed by atoms with Gasteiger partial charge in [-0.15, -0.1) is 0 Å². The molecule has 19 heavy (non-hydrogen) atoms. The maximum absolute atomic E-state index is 12.3. The van der Waals surface area contributed by atoms with Crippen molar-refractivity contribution >= 4 is 6.09 Å². The van der Waals surface area contributed by atoms with Crippen LogP contribution in [-0.4, -0.2) is 53.5 Å². The van der Waals surface area contributed by atoms with Gasteiger partial charge in [0, 0.05) is 19.6 Å². The Bertz CT molecular complexity index is 300. The fourth-order valence-electron chi connectivity index (χ4n) is 2.27. The molecule has 0 bridgehead atoms. The van der Waals surface area contributed by atoms with Gasteiger partial charge in [-0.05, 0) is 33.1 Å². The molecule has 0 saturated carbocycles. The van der Waals surface area contributed by atoms with Crippen LogP contribution in [0.1, 0.15) is 41.0 Å². The Kier molecular flexibility index (Phi) is 5.62. The minimum absolute atomic E-state index is 0.176. The van der Waals surface area contributed by atoms with Gasteiger partial charge in [0.1, 0.15) is 5.60 Å². The van der Waals surface area contributed by atoms with E-state index in [1.54, 1.807) is 4.90 Å². The number of ether oxygens (including phenoxy) is 1. The Labute approximate surface area is 116 Å². The summed E-state index contributed by atoms with van der Waals surface area (Å²) in [6.07, 6.45) is -0.0967. The molecule has 1 saturated heterocycles. The SMILES string of the molecule is CC(C)C[C@@H]1[C@@H](O)CNCCN1C(=O)OC(C)(C)C. The van der Waals surface area contributed by atoms with E-state index < -0.39 is 11.7 Å². The molecule has 5 heteroatoms. The van der Waals surface area contributed by atoms with Gasteiger partial charge in [0.2, 0.25) is 0 Å². The number of nitrogens with one attached hydrogen (secondary N) is 1. The van der Waals surface area contributed by atoms with Gasteiger partial charge >= 0.3 is 6.09 Å². The summed E-state index contributed by atoms with van der Waals surface area (Å²) in [6.45, 7) is 11.5. The highest BCUT2D eigenvalue weighted by molar-refractivity contribution is 5.68. The second-order valence-corrected chi connectivity index (χ2v) is 6.64. The molecule has 0 aromatic rings. The summed E-state index contributed by atoms with van der Waals surface area (Å²) in [5.74, 6) is 0.419. The Morgan fingerprint density at radius 1 is 1.47 bits per heavy atom. The van der Waals surface area contributed by atoms with Crippen LogP contribution in [0.15, 0.2) is 0 Å². The normalized spacial score (nSPS) is 25.3. The van der Waals surface area contributed by atoms with Crippen LogP contribution in [0.25, 0.3) is 0 Å². The summed E-state index contributed by atoms with van der Waals surface area (Å²) in [6, 6.07) is -0.176. The number of carbonyl (C=O) groups excluding carboxylic acids is 1. The van der Waals surface area contributed by atoms with Gasteiger partial charge in [0.15, 0.2) is 0 Å². The second-order valence-electron chi connectivity index (χ2n) is 6.64. The van der Waals surface area contributed by atoms with Crippen molar-refractivity contribution in [3.63, 3.8) is 0 Å². The first kappa shape index (κ1) is 16.2. The molecular formula is C14H28N2O3. The van der Waals surface area contributed by atoms with Crippen LogP contribution in [0.2, 0.25) is 0 Å². The van der Waals surface area contributed by atoms with E-state index in [0.29, 0.717) is 25.6 Å². The van der Waals surface area contributed by atoms with Crippen LogP contribution in [0, 0.1) is 5.92 Å². The van der Waals surface area contributed by atoms with Gasteiger partial charge in [-0.1, -0.05) is 13.8 Å². The van der Waals surface area contributed by atoms with E-state index in [2.05, 4.69) is 19.2 Å². The first-order chi connectivity index (χ1) is 8.70. The van der Waals surface area contributed by atoms with Gasteiger partial charge < -0.3 is 20.1 Å². The fraction of sp³-hybridized carbons (Fsp3) is 0.929. The van der Waals surface area contributed by atoms with Gasteiger partial charge in [0.25, 0.3) is 0 Å². The molecule has 2 atom stereocenters.